The van der Waals surface area contributed by atoms with Crippen molar-refractivity contribution >= 4 is 33.5 Å². The van der Waals surface area contributed by atoms with E-state index in [4.69, 9.17) is 10.2 Å². The minimum Gasteiger partial charge on any atom is -0.478 e. The third-order valence-corrected chi connectivity index (χ3v) is 6.66. The van der Waals surface area contributed by atoms with Gasteiger partial charge in [0, 0.05) is 11.2 Å². The van der Waals surface area contributed by atoms with E-state index in [-0.39, 0.29) is 16.0 Å². The van der Waals surface area contributed by atoms with Crippen LogP contribution in [-0.4, -0.2) is 43.1 Å². The first kappa shape index (κ1) is 29.3. The number of benzene rings is 2. The number of alkyl halides is 6. The Balaban J connectivity index is 0.000000342. The molecule has 0 atom stereocenters. The molecule has 14 heteroatoms. The summed E-state index contributed by atoms with van der Waals surface area (Å²) < 4.78 is 98.6. The molecule has 0 fully saturated rings. The highest BCUT2D eigenvalue weighted by molar-refractivity contribution is 7.98. The molecule has 2 N–H and O–H groups in total. The summed E-state index contributed by atoms with van der Waals surface area (Å²) >= 11 is 0.897. The van der Waals surface area contributed by atoms with E-state index < -0.39 is 61.3 Å². The molecule has 0 spiro atoms. The molecule has 0 unspecified atom stereocenters. The molecule has 188 valence electrons. The van der Waals surface area contributed by atoms with E-state index in [0.29, 0.717) is 12.3 Å². The molecule has 6 nitrogen and oxygen atoms in total. The minimum absolute atomic E-state index is 0.0348. The van der Waals surface area contributed by atoms with Gasteiger partial charge in [0.15, 0.2) is 9.84 Å². The van der Waals surface area contributed by atoms with Gasteiger partial charge in [-0.05, 0) is 55.5 Å². The zero-order valence-electron chi connectivity index (χ0n) is 17.9. The van der Waals surface area contributed by atoms with Gasteiger partial charge in [-0.15, -0.1) is 11.8 Å². The second-order valence-electron chi connectivity index (χ2n) is 6.81. The van der Waals surface area contributed by atoms with Crippen molar-refractivity contribution in [2.45, 2.75) is 36.0 Å². The van der Waals surface area contributed by atoms with Gasteiger partial charge in [0.25, 0.3) is 0 Å². The van der Waals surface area contributed by atoms with Crippen LogP contribution in [0.25, 0.3) is 0 Å². The fourth-order valence-corrected chi connectivity index (χ4v) is 5.10. The molecule has 0 aromatic heterocycles. The summed E-state index contributed by atoms with van der Waals surface area (Å²) in [6.07, 6.45) is -7.22. The van der Waals surface area contributed by atoms with E-state index in [0.717, 1.165) is 36.9 Å². The summed E-state index contributed by atoms with van der Waals surface area (Å²) in [6.45, 7) is 2.42. The van der Waals surface area contributed by atoms with Gasteiger partial charge in [-0.25, -0.2) is 18.0 Å². The molecule has 0 saturated heterocycles. The highest BCUT2D eigenvalue weighted by atomic mass is 32.2. The van der Waals surface area contributed by atoms with Crippen LogP contribution in [0.2, 0.25) is 0 Å². The Morgan fingerprint density at radius 2 is 1.18 bits per heavy atom. The summed E-state index contributed by atoms with van der Waals surface area (Å²) in [5.41, 5.74) is -2.98. The van der Waals surface area contributed by atoms with Gasteiger partial charge in [-0.2, -0.15) is 26.3 Å². The summed E-state index contributed by atoms with van der Waals surface area (Å²) in [7, 11) is -4.19. The molecule has 0 radical (unpaired) electrons. The Bertz CT molecular complexity index is 1220. The zero-order valence-corrected chi connectivity index (χ0v) is 19.6. The van der Waals surface area contributed by atoms with Crippen molar-refractivity contribution in [3.63, 3.8) is 0 Å². The second kappa shape index (κ2) is 10.3. The molecule has 34 heavy (non-hydrogen) atoms. The number of halogens is 6. The van der Waals surface area contributed by atoms with E-state index in [9.17, 15) is 44.3 Å². The SMILES string of the molecule is CSc1c(C(F)(F)F)ccc(C(=O)O)c1C.Cc1c(C(=O)O)ccc(C(F)(F)F)c1S(C)(=O)=O. The monoisotopic (exact) mass is 532 g/mol. The summed E-state index contributed by atoms with van der Waals surface area (Å²) in [4.78, 5) is 20.5. The largest absolute Gasteiger partial charge is 0.478 e. The van der Waals surface area contributed by atoms with Gasteiger partial charge in [0.1, 0.15) is 0 Å². The first-order valence-electron chi connectivity index (χ1n) is 8.87. The highest BCUT2D eigenvalue weighted by Gasteiger charge is 2.38. The molecule has 0 aliphatic rings. The molecule has 0 heterocycles. The quantitative estimate of drug-likeness (QED) is 0.393. The van der Waals surface area contributed by atoms with Crippen molar-refractivity contribution in [3.05, 3.63) is 57.6 Å². The molecule has 0 bridgehead atoms. The Hall–Kier alpha value is -2.74. The van der Waals surface area contributed by atoms with Gasteiger partial charge >= 0.3 is 24.3 Å². The number of thioether (sulfide) groups is 1. The number of rotatable bonds is 4. The second-order valence-corrected chi connectivity index (χ2v) is 9.58. The van der Waals surface area contributed by atoms with E-state index in [1.165, 1.54) is 13.2 Å². The Labute approximate surface area is 194 Å². The van der Waals surface area contributed by atoms with Crippen molar-refractivity contribution in [2.24, 2.45) is 0 Å². The number of aromatic carboxylic acids is 2. The van der Waals surface area contributed by atoms with E-state index in [2.05, 4.69) is 0 Å². The van der Waals surface area contributed by atoms with Crippen LogP contribution >= 0.6 is 11.8 Å². The predicted molar refractivity (Wildman–Crippen MR) is 111 cm³/mol. The zero-order chi connectivity index (χ0) is 26.8. The van der Waals surface area contributed by atoms with Crippen LogP contribution in [0.4, 0.5) is 26.3 Å². The van der Waals surface area contributed by atoms with E-state index in [1.54, 1.807) is 0 Å². The molecule has 2 rings (SSSR count). The van der Waals surface area contributed by atoms with Crippen molar-refractivity contribution in [1.82, 2.24) is 0 Å². The first-order valence-corrected chi connectivity index (χ1v) is 12.0. The summed E-state index contributed by atoms with van der Waals surface area (Å²) in [5, 5.41) is 17.6. The fourth-order valence-electron chi connectivity index (χ4n) is 3.03. The Kier molecular flexibility index (Phi) is 8.84. The van der Waals surface area contributed by atoms with Crippen LogP contribution < -0.4 is 0 Å². The lowest BCUT2D eigenvalue weighted by atomic mass is 10.0. The van der Waals surface area contributed by atoms with Crippen molar-refractivity contribution in [3.8, 4) is 0 Å². The van der Waals surface area contributed by atoms with Crippen molar-refractivity contribution in [1.29, 1.82) is 0 Å². The molecule has 0 saturated carbocycles. The van der Waals surface area contributed by atoms with Gasteiger partial charge in [-0.3, -0.25) is 0 Å². The lowest BCUT2D eigenvalue weighted by Gasteiger charge is -2.15. The number of carboxylic acid groups (broad SMARTS) is 2. The molecule has 0 aliphatic heterocycles. The molecular formula is C20H18F6O6S2. The number of hydrogen-bond acceptors (Lipinski definition) is 5. The number of hydrogen-bond donors (Lipinski definition) is 2. The Morgan fingerprint density at radius 3 is 1.50 bits per heavy atom. The first-order chi connectivity index (χ1) is 15.2. The third-order valence-electron chi connectivity index (χ3n) is 4.46. The molecule has 2 aromatic rings. The maximum Gasteiger partial charge on any atom is 0.417 e. The number of sulfone groups is 1. The maximum absolute atomic E-state index is 12.7. The fraction of sp³-hybridized carbons (Fsp3) is 0.300. The maximum atomic E-state index is 12.7. The molecule has 2 aromatic carbocycles. The summed E-state index contributed by atoms with van der Waals surface area (Å²) in [6, 6.07) is 3.00. The normalized spacial score (nSPS) is 12.1. The lowest BCUT2D eigenvalue weighted by molar-refractivity contribution is -0.140. The van der Waals surface area contributed by atoms with E-state index >= 15 is 0 Å². The number of carboxylic acids is 2. The van der Waals surface area contributed by atoms with Crippen molar-refractivity contribution in [2.75, 3.05) is 12.5 Å². The van der Waals surface area contributed by atoms with Gasteiger partial charge in [0.2, 0.25) is 0 Å². The van der Waals surface area contributed by atoms with Crippen LogP contribution in [0.3, 0.4) is 0 Å². The van der Waals surface area contributed by atoms with Gasteiger partial charge in [-0.1, -0.05) is 0 Å². The average Bonchev–Trinajstić information content (AvgIpc) is 2.64. The molecular weight excluding hydrogens is 514 g/mol. The summed E-state index contributed by atoms with van der Waals surface area (Å²) in [5.74, 6) is -2.70. The molecule has 0 amide bonds. The van der Waals surface area contributed by atoms with Crippen LogP contribution in [0.1, 0.15) is 43.0 Å². The lowest BCUT2D eigenvalue weighted by Crippen LogP contribution is -2.16. The standard InChI is InChI=1S/C10H9F3O4S.C10H9F3O2S/c1-5-6(9(14)15)3-4-7(10(11,12)13)8(5)18(2,16)17;1-5-6(9(14)15)3-4-7(8(5)16-2)10(11,12)13/h3-4H,1-2H3,(H,14,15);3-4H,1-2H3,(H,14,15). The Morgan fingerprint density at radius 1 is 0.794 bits per heavy atom. The predicted octanol–water partition coefficient (Wildman–Crippen LogP) is 5.55. The number of carbonyl (C=O) groups is 2. The van der Waals surface area contributed by atoms with Gasteiger partial charge < -0.3 is 10.2 Å². The average molecular weight is 532 g/mol. The topological polar surface area (TPSA) is 109 Å². The van der Waals surface area contributed by atoms with Crippen LogP contribution in [0.5, 0.6) is 0 Å². The van der Waals surface area contributed by atoms with Crippen LogP contribution in [-0.2, 0) is 22.2 Å². The van der Waals surface area contributed by atoms with Crippen LogP contribution in [0.15, 0.2) is 34.1 Å². The minimum atomic E-state index is -4.86. The van der Waals surface area contributed by atoms with Crippen molar-refractivity contribution < 1.29 is 54.6 Å². The molecule has 0 aliphatic carbocycles. The van der Waals surface area contributed by atoms with Gasteiger partial charge in [0.05, 0.1) is 27.1 Å². The van der Waals surface area contributed by atoms with Crippen LogP contribution in [0, 0.1) is 13.8 Å². The third kappa shape index (κ3) is 6.65. The highest BCUT2D eigenvalue weighted by Crippen LogP contribution is 2.39. The van der Waals surface area contributed by atoms with E-state index in [1.807, 2.05) is 0 Å². The smallest absolute Gasteiger partial charge is 0.417 e.